The quantitative estimate of drug-likeness (QED) is 0.463. The first kappa shape index (κ1) is 24.0. The van der Waals surface area contributed by atoms with Crippen LogP contribution in [0.1, 0.15) is 63.6 Å². The van der Waals surface area contributed by atoms with Crippen molar-refractivity contribution >= 4 is 35.6 Å². The van der Waals surface area contributed by atoms with Crippen LogP contribution >= 0.6 is 23.7 Å². The van der Waals surface area contributed by atoms with Crippen molar-refractivity contribution in [3.05, 3.63) is 33.4 Å². The number of rotatable bonds is 7. The highest BCUT2D eigenvalue weighted by molar-refractivity contribution is 7.09. The van der Waals surface area contributed by atoms with Crippen molar-refractivity contribution in [1.29, 1.82) is 0 Å². The van der Waals surface area contributed by atoms with Gasteiger partial charge in [-0.15, -0.1) is 23.7 Å². The minimum atomic E-state index is -1.06. The Hall–Kier alpha value is -2.05. The van der Waals surface area contributed by atoms with Gasteiger partial charge < -0.3 is 30.4 Å². The molecule has 0 spiro atoms. The van der Waals surface area contributed by atoms with Crippen LogP contribution in [0, 0.1) is 6.92 Å². The fourth-order valence-electron chi connectivity index (χ4n) is 2.19. The number of carbonyl (C=O) groups is 2. The molecule has 2 aromatic heterocycles. The first-order chi connectivity index (χ1) is 12.6. The number of methoxy groups -OCH3 is 1. The van der Waals surface area contributed by atoms with Gasteiger partial charge in [0, 0.05) is 5.38 Å². The van der Waals surface area contributed by atoms with Crippen LogP contribution in [-0.4, -0.2) is 51.4 Å². The highest BCUT2D eigenvalue weighted by atomic mass is 35.5. The van der Waals surface area contributed by atoms with Crippen molar-refractivity contribution in [1.82, 2.24) is 15.3 Å². The van der Waals surface area contributed by atoms with E-state index in [0.717, 1.165) is 11.3 Å². The molecule has 10 nitrogen and oxygen atoms in total. The van der Waals surface area contributed by atoms with Gasteiger partial charge in [0.15, 0.2) is 5.69 Å². The van der Waals surface area contributed by atoms with Crippen LogP contribution in [-0.2, 0) is 4.74 Å². The molecule has 1 amide bonds. The van der Waals surface area contributed by atoms with Gasteiger partial charge >= 0.3 is 5.97 Å². The monoisotopic (exact) mass is 434 g/mol. The average Bonchev–Trinajstić information content (AvgIpc) is 3.24. The Bertz CT molecular complexity index is 822. The molecule has 12 heteroatoms. The Kier molecular flexibility index (Phi) is 8.51. The number of nitrogens with two attached hydrogens (primary N) is 1. The maximum absolute atomic E-state index is 12.5. The van der Waals surface area contributed by atoms with E-state index in [9.17, 15) is 19.8 Å². The number of amides is 1. The third-order valence-electron chi connectivity index (χ3n) is 3.79. The lowest BCUT2D eigenvalue weighted by atomic mass is 10.1. The summed E-state index contributed by atoms with van der Waals surface area (Å²) < 4.78 is 10.0. The lowest BCUT2D eigenvalue weighted by Gasteiger charge is -2.17. The predicted molar refractivity (Wildman–Crippen MR) is 102 cm³/mol. The zero-order chi connectivity index (χ0) is 20.3. The molecule has 0 saturated carbocycles. The molecule has 0 aromatic carbocycles. The van der Waals surface area contributed by atoms with E-state index in [1.807, 2.05) is 0 Å². The molecule has 0 aliphatic heterocycles. The highest BCUT2D eigenvalue weighted by Gasteiger charge is 2.29. The zero-order valence-corrected chi connectivity index (χ0v) is 17.3. The fourth-order valence-corrected chi connectivity index (χ4v) is 3.09. The lowest BCUT2D eigenvalue weighted by Crippen LogP contribution is -2.35. The molecule has 0 aliphatic carbocycles. The second-order valence-electron chi connectivity index (χ2n) is 5.98. The molecule has 2 aromatic rings. The highest BCUT2D eigenvalue weighted by Crippen LogP contribution is 2.23. The number of carbonyl (C=O) groups excluding carboxylic acids is 2. The summed E-state index contributed by atoms with van der Waals surface area (Å²) in [4.78, 5) is 32.3. The molecule has 0 saturated heterocycles. The molecule has 0 fully saturated rings. The van der Waals surface area contributed by atoms with Gasteiger partial charge in [0.2, 0.25) is 5.89 Å². The largest absolute Gasteiger partial charge is 0.464 e. The van der Waals surface area contributed by atoms with Gasteiger partial charge in [0.05, 0.1) is 25.4 Å². The van der Waals surface area contributed by atoms with Crippen LogP contribution in [0.5, 0.6) is 0 Å². The number of oxazole rings is 1. The molecule has 2 heterocycles. The molecule has 4 atom stereocenters. The number of aliphatic hydroxyl groups excluding tert-OH is 2. The van der Waals surface area contributed by atoms with E-state index < -0.39 is 36.2 Å². The first-order valence-corrected chi connectivity index (χ1v) is 8.97. The van der Waals surface area contributed by atoms with Crippen molar-refractivity contribution < 1.29 is 29.0 Å². The second-order valence-corrected chi connectivity index (χ2v) is 6.87. The number of thiazole rings is 1. The Balaban J connectivity index is 0.00000392. The van der Waals surface area contributed by atoms with Crippen LogP contribution in [0.2, 0.25) is 0 Å². The van der Waals surface area contributed by atoms with E-state index in [1.54, 1.807) is 0 Å². The molecule has 5 N–H and O–H groups in total. The summed E-state index contributed by atoms with van der Waals surface area (Å²) in [5.41, 5.74) is 5.85. The number of aryl methyl sites for hydroxylation is 1. The van der Waals surface area contributed by atoms with E-state index in [0.29, 0.717) is 5.01 Å². The van der Waals surface area contributed by atoms with Gasteiger partial charge in [-0.1, -0.05) is 0 Å². The maximum atomic E-state index is 12.5. The molecule has 0 unspecified atom stereocenters. The minimum Gasteiger partial charge on any atom is -0.464 e. The van der Waals surface area contributed by atoms with E-state index >= 15 is 0 Å². The van der Waals surface area contributed by atoms with Crippen LogP contribution in [0.4, 0.5) is 0 Å². The molecule has 0 aliphatic rings. The second kappa shape index (κ2) is 9.94. The van der Waals surface area contributed by atoms with Gasteiger partial charge in [-0.25, -0.2) is 14.8 Å². The normalized spacial score (nSPS) is 15.1. The molecule has 0 bridgehead atoms. The number of esters is 1. The number of halogens is 1. The molecule has 0 radical (unpaired) electrons. The summed E-state index contributed by atoms with van der Waals surface area (Å²) in [6.45, 7) is 4.49. The number of nitrogens with one attached hydrogen (secondary N) is 1. The molecular formula is C16H23ClN4O6S. The number of hydrogen-bond donors (Lipinski definition) is 4. The third-order valence-corrected chi connectivity index (χ3v) is 4.73. The lowest BCUT2D eigenvalue weighted by molar-refractivity contribution is 0.0592. The number of aromatic nitrogens is 2. The molecule has 28 heavy (non-hydrogen) atoms. The smallest absolute Gasteiger partial charge is 0.360 e. The Morgan fingerprint density at radius 1 is 1.29 bits per heavy atom. The minimum absolute atomic E-state index is 0. The summed E-state index contributed by atoms with van der Waals surface area (Å²) in [6.07, 6.45) is -1.88. The van der Waals surface area contributed by atoms with Crippen LogP contribution < -0.4 is 11.1 Å². The Morgan fingerprint density at radius 2 is 1.93 bits per heavy atom. The van der Waals surface area contributed by atoms with Crippen LogP contribution in [0.15, 0.2) is 9.80 Å². The number of nitrogens with zero attached hydrogens (tertiary/aromatic N) is 2. The Morgan fingerprint density at radius 3 is 2.46 bits per heavy atom. The van der Waals surface area contributed by atoms with Crippen molar-refractivity contribution in [2.45, 2.75) is 45.1 Å². The van der Waals surface area contributed by atoms with Gasteiger partial charge in [-0.2, -0.15) is 0 Å². The number of hydrogen-bond acceptors (Lipinski definition) is 10. The van der Waals surface area contributed by atoms with Gasteiger partial charge in [-0.3, -0.25) is 4.79 Å². The molecular weight excluding hydrogens is 412 g/mol. The van der Waals surface area contributed by atoms with Crippen molar-refractivity contribution in [3.8, 4) is 0 Å². The number of ether oxygens (including phenoxy) is 1. The van der Waals surface area contributed by atoms with E-state index in [-0.39, 0.29) is 35.4 Å². The van der Waals surface area contributed by atoms with Gasteiger partial charge in [-0.05, 0) is 20.8 Å². The summed E-state index contributed by atoms with van der Waals surface area (Å²) in [5.74, 6) is -1.10. The number of aliphatic hydroxyl groups is 2. The van der Waals surface area contributed by atoms with Crippen molar-refractivity contribution in [2.75, 3.05) is 7.11 Å². The molecule has 2 rings (SSSR count). The topological polar surface area (TPSA) is 161 Å². The Labute approximate surface area is 171 Å². The van der Waals surface area contributed by atoms with Crippen molar-refractivity contribution in [3.63, 3.8) is 0 Å². The van der Waals surface area contributed by atoms with Crippen LogP contribution in [0.25, 0.3) is 0 Å². The first-order valence-electron chi connectivity index (χ1n) is 8.09. The standard InChI is InChI=1S/C16H22N4O6S.ClH/c1-6(21)10(17)15-18-9(5-27-15)13(23)19-11(7(2)22)14-20-12(8(3)26-14)16(24)25-4;/h5-7,10-11,21-22H,17H2,1-4H3,(H,19,23);1H/t6-,7-,10+,11+;/m1./s1. The summed E-state index contributed by atoms with van der Waals surface area (Å²) in [7, 11) is 1.21. The maximum Gasteiger partial charge on any atom is 0.360 e. The van der Waals surface area contributed by atoms with Gasteiger partial charge in [0.1, 0.15) is 22.5 Å². The average molecular weight is 435 g/mol. The third kappa shape index (κ3) is 5.26. The van der Waals surface area contributed by atoms with Crippen molar-refractivity contribution in [2.24, 2.45) is 5.73 Å². The van der Waals surface area contributed by atoms with E-state index in [4.69, 9.17) is 10.2 Å². The van der Waals surface area contributed by atoms with E-state index in [2.05, 4.69) is 20.0 Å². The predicted octanol–water partition coefficient (Wildman–Crippen LogP) is 0.880. The zero-order valence-electron chi connectivity index (χ0n) is 15.7. The SMILES string of the molecule is COC(=O)c1nc([C@@H](NC(=O)c2csc([C@@H](N)[C@@H](C)O)n2)[C@@H](C)O)oc1C.Cl. The summed E-state index contributed by atoms with van der Waals surface area (Å²) >= 11 is 1.14. The van der Waals surface area contributed by atoms with E-state index in [1.165, 1.54) is 33.3 Å². The summed E-state index contributed by atoms with van der Waals surface area (Å²) in [5, 5.41) is 24.0. The van der Waals surface area contributed by atoms with Crippen LogP contribution in [0.3, 0.4) is 0 Å². The fraction of sp³-hybridized carbons (Fsp3) is 0.500. The summed E-state index contributed by atoms with van der Waals surface area (Å²) in [6, 6.07) is -1.72. The van der Waals surface area contributed by atoms with Gasteiger partial charge in [0.25, 0.3) is 5.91 Å². The molecule has 156 valence electrons.